The Balaban J connectivity index is 2.55. The molecule has 0 unspecified atom stereocenters. The fourth-order valence-electron chi connectivity index (χ4n) is 1.92. The Kier molecular flexibility index (Phi) is 3.53. The normalized spacial score (nSPS) is 11.4. The molecule has 0 aliphatic rings. The van der Waals surface area contributed by atoms with Gasteiger partial charge in [-0.2, -0.15) is 5.10 Å². The van der Waals surface area contributed by atoms with Crippen molar-refractivity contribution in [3.63, 3.8) is 0 Å². The van der Waals surface area contributed by atoms with Gasteiger partial charge in [-0.05, 0) is 24.6 Å². The summed E-state index contributed by atoms with van der Waals surface area (Å²) >= 11 is 0. The van der Waals surface area contributed by atoms with Crippen molar-refractivity contribution in [2.24, 2.45) is 5.73 Å². The molecule has 0 aliphatic carbocycles. The smallest absolute Gasteiger partial charge is 0.317 e. The molecule has 0 saturated heterocycles. The SMILES string of the molecule is Cc1cccc(-n2nc(C(C)(C)C)cc2NC(N)=O)c1. The minimum Gasteiger partial charge on any atom is -0.351 e. The van der Waals surface area contributed by atoms with E-state index < -0.39 is 6.03 Å². The van der Waals surface area contributed by atoms with Crippen LogP contribution in [0.4, 0.5) is 10.6 Å². The number of amides is 2. The number of urea groups is 1. The first-order chi connectivity index (χ1) is 9.27. The number of nitrogens with one attached hydrogen (secondary N) is 1. The van der Waals surface area contributed by atoms with Gasteiger partial charge in [0.15, 0.2) is 0 Å². The second-order valence-corrected chi connectivity index (χ2v) is 5.90. The van der Waals surface area contributed by atoms with Crippen LogP contribution in [-0.2, 0) is 5.41 Å². The molecule has 0 radical (unpaired) electrons. The van der Waals surface area contributed by atoms with Gasteiger partial charge in [-0.25, -0.2) is 9.48 Å². The van der Waals surface area contributed by atoms with Gasteiger partial charge in [0.05, 0.1) is 11.4 Å². The topological polar surface area (TPSA) is 72.9 Å². The van der Waals surface area contributed by atoms with Crippen LogP contribution >= 0.6 is 0 Å². The number of carbonyl (C=O) groups is 1. The lowest BCUT2D eigenvalue weighted by Gasteiger charge is -2.14. The lowest BCUT2D eigenvalue weighted by molar-refractivity contribution is 0.259. The summed E-state index contributed by atoms with van der Waals surface area (Å²) < 4.78 is 1.71. The van der Waals surface area contributed by atoms with Gasteiger partial charge in [0, 0.05) is 11.5 Å². The van der Waals surface area contributed by atoms with Gasteiger partial charge >= 0.3 is 6.03 Å². The molecule has 1 aromatic carbocycles. The molecule has 2 rings (SSSR count). The Morgan fingerprint density at radius 1 is 1.30 bits per heavy atom. The van der Waals surface area contributed by atoms with Crippen molar-refractivity contribution in [2.45, 2.75) is 33.1 Å². The zero-order valence-corrected chi connectivity index (χ0v) is 12.3. The number of carbonyl (C=O) groups excluding carboxylic acids is 1. The molecule has 0 spiro atoms. The molecule has 0 saturated carbocycles. The van der Waals surface area contributed by atoms with E-state index in [0.717, 1.165) is 16.9 Å². The quantitative estimate of drug-likeness (QED) is 0.882. The highest BCUT2D eigenvalue weighted by molar-refractivity contribution is 5.87. The van der Waals surface area contributed by atoms with E-state index in [1.54, 1.807) is 4.68 Å². The highest BCUT2D eigenvalue weighted by Gasteiger charge is 2.21. The number of nitrogens with zero attached hydrogens (tertiary/aromatic N) is 2. The van der Waals surface area contributed by atoms with Crippen LogP contribution in [0.3, 0.4) is 0 Å². The summed E-state index contributed by atoms with van der Waals surface area (Å²) in [6, 6.07) is 9.17. The first-order valence-corrected chi connectivity index (χ1v) is 6.51. The molecule has 106 valence electrons. The van der Waals surface area contributed by atoms with E-state index in [9.17, 15) is 4.79 Å². The van der Waals surface area contributed by atoms with Crippen molar-refractivity contribution in [2.75, 3.05) is 5.32 Å². The minimum absolute atomic E-state index is 0.108. The third kappa shape index (κ3) is 2.99. The van der Waals surface area contributed by atoms with Crippen molar-refractivity contribution in [1.29, 1.82) is 0 Å². The molecule has 2 aromatic rings. The number of primary amides is 1. The van der Waals surface area contributed by atoms with Crippen LogP contribution in [0.1, 0.15) is 32.0 Å². The van der Waals surface area contributed by atoms with Crippen molar-refractivity contribution in [3.05, 3.63) is 41.6 Å². The monoisotopic (exact) mass is 272 g/mol. The predicted molar refractivity (Wildman–Crippen MR) is 80.2 cm³/mol. The fraction of sp³-hybridized carbons (Fsp3) is 0.333. The first kappa shape index (κ1) is 14.1. The third-order valence-corrected chi connectivity index (χ3v) is 2.98. The Labute approximate surface area is 118 Å². The average Bonchev–Trinajstić information content (AvgIpc) is 2.71. The van der Waals surface area contributed by atoms with Crippen LogP contribution in [0.5, 0.6) is 0 Å². The molecule has 1 heterocycles. The Hall–Kier alpha value is -2.30. The maximum absolute atomic E-state index is 11.1. The second kappa shape index (κ2) is 5.00. The molecule has 0 bridgehead atoms. The van der Waals surface area contributed by atoms with Gasteiger partial charge < -0.3 is 5.73 Å². The molecule has 3 N–H and O–H groups in total. The lowest BCUT2D eigenvalue weighted by atomic mass is 9.92. The lowest BCUT2D eigenvalue weighted by Crippen LogP contribution is -2.21. The van der Waals surface area contributed by atoms with Gasteiger partial charge in [0.2, 0.25) is 0 Å². The molecule has 0 atom stereocenters. The summed E-state index contributed by atoms with van der Waals surface area (Å²) in [6.45, 7) is 8.23. The molecule has 2 amide bonds. The van der Waals surface area contributed by atoms with Crippen LogP contribution in [0.15, 0.2) is 30.3 Å². The van der Waals surface area contributed by atoms with Gasteiger partial charge in [0.1, 0.15) is 5.82 Å². The number of benzene rings is 1. The highest BCUT2D eigenvalue weighted by Crippen LogP contribution is 2.26. The van der Waals surface area contributed by atoms with E-state index in [4.69, 9.17) is 5.73 Å². The molecule has 0 aliphatic heterocycles. The average molecular weight is 272 g/mol. The highest BCUT2D eigenvalue weighted by atomic mass is 16.2. The number of hydrogen-bond donors (Lipinski definition) is 2. The minimum atomic E-state index is -0.598. The maximum atomic E-state index is 11.1. The number of rotatable bonds is 2. The van der Waals surface area contributed by atoms with Crippen LogP contribution in [0, 0.1) is 6.92 Å². The number of nitrogens with two attached hydrogens (primary N) is 1. The first-order valence-electron chi connectivity index (χ1n) is 6.51. The fourth-order valence-corrected chi connectivity index (χ4v) is 1.92. The maximum Gasteiger partial charge on any atom is 0.317 e. The van der Waals surface area contributed by atoms with Crippen molar-refractivity contribution >= 4 is 11.8 Å². The Morgan fingerprint density at radius 2 is 2.00 bits per heavy atom. The van der Waals surface area contributed by atoms with Gasteiger partial charge in [-0.3, -0.25) is 5.32 Å². The van der Waals surface area contributed by atoms with Gasteiger partial charge in [0.25, 0.3) is 0 Å². The Bertz CT molecular complexity index is 638. The summed E-state index contributed by atoms with van der Waals surface area (Å²) in [7, 11) is 0. The third-order valence-electron chi connectivity index (χ3n) is 2.98. The van der Waals surface area contributed by atoms with Crippen molar-refractivity contribution in [1.82, 2.24) is 9.78 Å². The number of anilines is 1. The summed E-state index contributed by atoms with van der Waals surface area (Å²) in [6.07, 6.45) is 0. The van der Waals surface area contributed by atoms with E-state index >= 15 is 0 Å². The summed E-state index contributed by atoms with van der Waals surface area (Å²) in [4.78, 5) is 11.1. The van der Waals surface area contributed by atoms with Gasteiger partial charge in [-0.1, -0.05) is 32.9 Å². The Morgan fingerprint density at radius 3 is 2.55 bits per heavy atom. The van der Waals surface area contributed by atoms with Crippen LogP contribution in [0.25, 0.3) is 5.69 Å². The van der Waals surface area contributed by atoms with Crippen molar-refractivity contribution < 1.29 is 4.79 Å². The second-order valence-electron chi connectivity index (χ2n) is 5.90. The van der Waals surface area contributed by atoms with Crippen LogP contribution in [0.2, 0.25) is 0 Å². The zero-order chi connectivity index (χ0) is 14.9. The largest absolute Gasteiger partial charge is 0.351 e. The molecule has 5 nitrogen and oxygen atoms in total. The molecule has 20 heavy (non-hydrogen) atoms. The molecular formula is C15H20N4O. The number of aryl methyl sites for hydroxylation is 1. The van der Waals surface area contributed by atoms with E-state index in [-0.39, 0.29) is 5.41 Å². The van der Waals surface area contributed by atoms with Crippen LogP contribution in [-0.4, -0.2) is 15.8 Å². The molecule has 1 aromatic heterocycles. The van der Waals surface area contributed by atoms with Crippen molar-refractivity contribution in [3.8, 4) is 5.69 Å². The molecular weight excluding hydrogens is 252 g/mol. The van der Waals surface area contributed by atoms with E-state index in [1.807, 2.05) is 37.3 Å². The summed E-state index contributed by atoms with van der Waals surface area (Å²) in [5.74, 6) is 0.577. The zero-order valence-electron chi connectivity index (χ0n) is 12.3. The van der Waals surface area contributed by atoms with E-state index in [2.05, 4.69) is 31.2 Å². The van der Waals surface area contributed by atoms with E-state index in [0.29, 0.717) is 5.82 Å². The summed E-state index contributed by atoms with van der Waals surface area (Å²) in [5, 5.41) is 7.22. The summed E-state index contributed by atoms with van der Waals surface area (Å²) in [5.41, 5.74) is 8.03. The predicted octanol–water partition coefficient (Wildman–Crippen LogP) is 2.97. The number of aromatic nitrogens is 2. The molecule has 0 fully saturated rings. The van der Waals surface area contributed by atoms with Gasteiger partial charge in [-0.15, -0.1) is 0 Å². The molecule has 5 heteroatoms. The van der Waals surface area contributed by atoms with E-state index in [1.165, 1.54) is 0 Å². The standard InChI is InChI=1S/C15H20N4O/c1-10-6-5-7-11(8-10)19-13(17-14(16)20)9-12(18-19)15(2,3)4/h5-9H,1-4H3,(H3,16,17,20). The van der Waals surface area contributed by atoms with Crippen LogP contribution < -0.4 is 11.1 Å². The number of hydrogen-bond acceptors (Lipinski definition) is 2.